The van der Waals surface area contributed by atoms with Gasteiger partial charge in [0.25, 0.3) is 0 Å². The van der Waals surface area contributed by atoms with Gasteiger partial charge in [0.2, 0.25) is 0 Å². The summed E-state index contributed by atoms with van der Waals surface area (Å²) in [6.07, 6.45) is 3.41. The van der Waals surface area contributed by atoms with Crippen LogP contribution in [0.3, 0.4) is 0 Å². The molecule has 0 saturated carbocycles. The van der Waals surface area contributed by atoms with Crippen LogP contribution < -0.4 is 5.32 Å². The van der Waals surface area contributed by atoms with Crippen molar-refractivity contribution in [3.8, 4) is 6.07 Å². The fraction of sp³-hybridized carbons (Fsp3) is 0.562. The van der Waals surface area contributed by atoms with Gasteiger partial charge in [-0.25, -0.2) is 0 Å². The standard InChI is InChI=1S/C16H22N2.ClH/c1-12(2)9-13-3-4-15(11-17)16(10-13)14-5-7-18-8-6-14;/h3-4,10,12,14,18H,5-9H2,1-2H3;1H. The third-order valence-electron chi connectivity index (χ3n) is 3.66. The van der Waals surface area contributed by atoms with Crippen LogP contribution in [0.5, 0.6) is 0 Å². The maximum Gasteiger partial charge on any atom is 0.0994 e. The monoisotopic (exact) mass is 278 g/mol. The molecule has 1 fully saturated rings. The number of hydrogen-bond donors (Lipinski definition) is 1. The second kappa shape index (κ2) is 7.53. The molecule has 1 aliphatic rings. The highest BCUT2D eigenvalue weighted by molar-refractivity contribution is 5.85. The molecule has 0 unspecified atom stereocenters. The van der Waals surface area contributed by atoms with E-state index < -0.39 is 0 Å². The quantitative estimate of drug-likeness (QED) is 0.916. The van der Waals surface area contributed by atoms with E-state index in [-0.39, 0.29) is 12.4 Å². The molecule has 0 aliphatic carbocycles. The van der Waals surface area contributed by atoms with E-state index >= 15 is 0 Å². The Balaban J connectivity index is 0.00000180. The minimum Gasteiger partial charge on any atom is -0.317 e. The topological polar surface area (TPSA) is 35.8 Å². The minimum atomic E-state index is 0. The van der Waals surface area contributed by atoms with Crippen LogP contribution in [0, 0.1) is 17.2 Å². The first-order valence-corrected chi connectivity index (χ1v) is 6.94. The lowest BCUT2D eigenvalue weighted by Gasteiger charge is -2.24. The number of halogens is 1. The maximum atomic E-state index is 9.26. The van der Waals surface area contributed by atoms with Crippen molar-refractivity contribution in [3.05, 3.63) is 34.9 Å². The molecule has 2 rings (SSSR count). The van der Waals surface area contributed by atoms with Crippen LogP contribution in [0.2, 0.25) is 0 Å². The van der Waals surface area contributed by atoms with Gasteiger partial charge in [0.05, 0.1) is 11.6 Å². The molecule has 0 atom stereocenters. The lowest BCUT2D eigenvalue weighted by atomic mass is 9.85. The van der Waals surface area contributed by atoms with Crippen molar-refractivity contribution >= 4 is 12.4 Å². The Bertz CT molecular complexity index is 443. The SMILES string of the molecule is CC(C)Cc1ccc(C#N)c(C2CCNCC2)c1.Cl. The van der Waals surface area contributed by atoms with E-state index in [0.29, 0.717) is 11.8 Å². The van der Waals surface area contributed by atoms with Crippen LogP contribution in [0.1, 0.15) is 49.3 Å². The van der Waals surface area contributed by atoms with Crippen LogP contribution in [-0.2, 0) is 6.42 Å². The van der Waals surface area contributed by atoms with E-state index in [2.05, 4.69) is 37.4 Å². The first kappa shape index (κ1) is 16.0. The highest BCUT2D eigenvalue weighted by atomic mass is 35.5. The average Bonchev–Trinajstić information content (AvgIpc) is 2.39. The molecule has 0 aromatic heterocycles. The summed E-state index contributed by atoms with van der Waals surface area (Å²) < 4.78 is 0. The Labute approximate surface area is 122 Å². The van der Waals surface area contributed by atoms with Crippen molar-refractivity contribution in [1.82, 2.24) is 5.32 Å². The van der Waals surface area contributed by atoms with E-state index in [1.54, 1.807) is 0 Å². The Morgan fingerprint density at radius 2 is 2.00 bits per heavy atom. The molecular formula is C16H23ClN2. The fourth-order valence-corrected chi connectivity index (χ4v) is 2.78. The number of nitriles is 1. The van der Waals surface area contributed by atoms with Crippen molar-refractivity contribution in [1.29, 1.82) is 5.26 Å². The molecule has 1 N–H and O–H groups in total. The second-order valence-electron chi connectivity index (χ2n) is 5.66. The molecule has 0 radical (unpaired) electrons. The lowest BCUT2D eigenvalue weighted by Crippen LogP contribution is -2.27. The number of nitrogens with zero attached hydrogens (tertiary/aromatic N) is 1. The van der Waals surface area contributed by atoms with E-state index in [0.717, 1.165) is 37.9 Å². The lowest BCUT2D eigenvalue weighted by molar-refractivity contribution is 0.459. The summed E-state index contributed by atoms with van der Waals surface area (Å²) in [4.78, 5) is 0. The van der Waals surface area contributed by atoms with Crippen molar-refractivity contribution < 1.29 is 0 Å². The van der Waals surface area contributed by atoms with Gasteiger partial charge in [-0.1, -0.05) is 26.0 Å². The van der Waals surface area contributed by atoms with E-state index in [1.165, 1.54) is 11.1 Å². The second-order valence-corrected chi connectivity index (χ2v) is 5.66. The first-order valence-electron chi connectivity index (χ1n) is 6.94. The van der Waals surface area contributed by atoms with Crippen LogP contribution in [0.15, 0.2) is 18.2 Å². The van der Waals surface area contributed by atoms with Crippen LogP contribution in [0.4, 0.5) is 0 Å². The average molecular weight is 279 g/mol. The molecule has 1 aromatic carbocycles. The zero-order valence-electron chi connectivity index (χ0n) is 11.8. The smallest absolute Gasteiger partial charge is 0.0994 e. The Morgan fingerprint density at radius 3 is 2.58 bits per heavy atom. The molecule has 1 aliphatic heterocycles. The summed E-state index contributed by atoms with van der Waals surface area (Å²) in [7, 11) is 0. The van der Waals surface area contributed by atoms with Crippen molar-refractivity contribution in [3.63, 3.8) is 0 Å². The third kappa shape index (κ3) is 4.23. The summed E-state index contributed by atoms with van der Waals surface area (Å²) in [5.41, 5.74) is 3.52. The molecule has 1 aromatic rings. The fourth-order valence-electron chi connectivity index (χ4n) is 2.78. The van der Waals surface area contributed by atoms with Crippen LogP contribution in [-0.4, -0.2) is 13.1 Å². The predicted octanol–water partition coefficient (Wildman–Crippen LogP) is 3.65. The number of hydrogen-bond acceptors (Lipinski definition) is 2. The molecular weight excluding hydrogens is 256 g/mol. The van der Waals surface area contributed by atoms with E-state index in [1.807, 2.05) is 6.07 Å². The predicted molar refractivity (Wildman–Crippen MR) is 81.8 cm³/mol. The largest absolute Gasteiger partial charge is 0.317 e. The molecule has 1 saturated heterocycles. The van der Waals surface area contributed by atoms with Crippen molar-refractivity contribution in [2.24, 2.45) is 5.92 Å². The molecule has 104 valence electrons. The van der Waals surface area contributed by atoms with E-state index in [9.17, 15) is 5.26 Å². The Hall–Kier alpha value is -1.04. The third-order valence-corrected chi connectivity index (χ3v) is 3.66. The molecule has 3 heteroatoms. The van der Waals surface area contributed by atoms with E-state index in [4.69, 9.17) is 0 Å². The number of benzene rings is 1. The molecule has 0 spiro atoms. The molecule has 19 heavy (non-hydrogen) atoms. The Morgan fingerprint density at radius 1 is 1.32 bits per heavy atom. The molecule has 0 bridgehead atoms. The highest BCUT2D eigenvalue weighted by Crippen LogP contribution is 2.29. The van der Waals surface area contributed by atoms with Crippen molar-refractivity contribution in [2.75, 3.05) is 13.1 Å². The Kier molecular flexibility index (Phi) is 6.34. The van der Waals surface area contributed by atoms with Gasteiger partial charge < -0.3 is 5.32 Å². The summed E-state index contributed by atoms with van der Waals surface area (Å²) >= 11 is 0. The van der Waals surface area contributed by atoms with Gasteiger partial charge in [-0.05, 0) is 61.4 Å². The van der Waals surface area contributed by atoms with Gasteiger partial charge in [0, 0.05) is 0 Å². The first-order chi connectivity index (χ1) is 8.70. The van der Waals surface area contributed by atoms with Gasteiger partial charge in [0.1, 0.15) is 0 Å². The van der Waals surface area contributed by atoms with Gasteiger partial charge in [-0.15, -0.1) is 12.4 Å². The van der Waals surface area contributed by atoms with Gasteiger partial charge >= 0.3 is 0 Å². The number of rotatable bonds is 3. The zero-order chi connectivity index (χ0) is 13.0. The molecule has 0 amide bonds. The number of nitrogens with one attached hydrogen (secondary N) is 1. The van der Waals surface area contributed by atoms with Crippen LogP contribution >= 0.6 is 12.4 Å². The summed E-state index contributed by atoms with van der Waals surface area (Å²) in [5.74, 6) is 1.23. The van der Waals surface area contributed by atoms with Gasteiger partial charge in [-0.3, -0.25) is 0 Å². The van der Waals surface area contributed by atoms with Crippen molar-refractivity contribution in [2.45, 2.75) is 39.0 Å². The molecule has 2 nitrogen and oxygen atoms in total. The minimum absolute atomic E-state index is 0. The summed E-state index contributed by atoms with van der Waals surface area (Å²) in [6.45, 7) is 6.62. The normalized spacial score (nSPS) is 15.9. The number of piperidine rings is 1. The highest BCUT2D eigenvalue weighted by Gasteiger charge is 2.18. The van der Waals surface area contributed by atoms with Gasteiger partial charge in [0.15, 0.2) is 0 Å². The molecule has 1 heterocycles. The van der Waals surface area contributed by atoms with Crippen LogP contribution in [0.25, 0.3) is 0 Å². The zero-order valence-corrected chi connectivity index (χ0v) is 12.6. The van der Waals surface area contributed by atoms with Gasteiger partial charge in [-0.2, -0.15) is 5.26 Å². The summed E-state index contributed by atoms with van der Waals surface area (Å²) in [6, 6.07) is 8.75. The maximum absolute atomic E-state index is 9.26. The summed E-state index contributed by atoms with van der Waals surface area (Å²) in [5, 5.41) is 12.6.